The van der Waals surface area contributed by atoms with Gasteiger partial charge in [-0.15, -0.1) is 16.8 Å². The molecular formula is C23H25N3O2S. The summed E-state index contributed by atoms with van der Waals surface area (Å²) in [6.45, 7) is 8.38. The molecule has 1 atom stereocenters. The van der Waals surface area contributed by atoms with Gasteiger partial charge >= 0.3 is 0 Å². The minimum atomic E-state index is -0.291. The number of allylic oxidation sites excluding steroid dienone is 1. The molecule has 0 saturated heterocycles. The van der Waals surface area contributed by atoms with Crippen LogP contribution in [0.1, 0.15) is 29.8 Å². The minimum absolute atomic E-state index is 0.0737. The maximum atomic E-state index is 12.9. The molecule has 5 nitrogen and oxygen atoms in total. The smallest absolute Gasteiger partial charge is 0.192 e. The number of carbonyl (C=O) groups is 1. The zero-order valence-corrected chi connectivity index (χ0v) is 17.8. The fourth-order valence-corrected chi connectivity index (χ4v) is 3.98. The quantitative estimate of drug-likeness (QED) is 0.282. The molecular weight excluding hydrogens is 382 g/mol. The number of carbonyl (C=O) groups excluding carboxylic acids is 1. The van der Waals surface area contributed by atoms with Crippen LogP contribution in [-0.2, 0) is 13.0 Å². The van der Waals surface area contributed by atoms with E-state index in [1.807, 2.05) is 60.0 Å². The van der Waals surface area contributed by atoms with Crippen molar-refractivity contribution in [3.05, 3.63) is 72.3 Å². The highest BCUT2D eigenvalue weighted by Crippen LogP contribution is 2.32. The van der Waals surface area contributed by atoms with E-state index >= 15 is 0 Å². The SMILES string of the molecule is C=CCn1c(S[C@@H](C)C(=O)c2ccc(CC)cc2)nnc1-c1ccccc1OC. The van der Waals surface area contributed by atoms with E-state index in [4.69, 9.17) is 4.74 Å². The minimum Gasteiger partial charge on any atom is -0.496 e. The molecule has 150 valence electrons. The number of aryl methyl sites for hydroxylation is 1. The maximum absolute atomic E-state index is 12.9. The van der Waals surface area contributed by atoms with Gasteiger partial charge in [-0.1, -0.05) is 61.2 Å². The number of Topliss-reactive ketones (excluding diaryl/α,β-unsaturated/α-hetero) is 1. The lowest BCUT2D eigenvalue weighted by Gasteiger charge is -2.13. The molecule has 0 aliphatic carbocycles. The number of aromatic nitrogens is 3. The van der Waals surface area contributed by atoms with Gasteiger partial charge in [-0.25, -0.2) is 0 Å². The number of rotatable bonds is 9. The maximum Gasteiger partial charge on any atom is 0.192 e. The van der Waals surface area contributed by atoms with Gasteiger partial charge in [-0.05, 0) is 31.0 Å². The summed E-state index contributed by atoms with van der Waals surface area (Å²) in [6, 6.07) is 15.5. The number of benzene rings is 2. The Hall–Kier alpha value is -2.86. The molecule has 29 heavy (non-hydrogen) atoms. The molecule has 2 aromatic carbocycles. The number of para-hydroxylation sites is 1. The summed E-state index contributed by atoms with van der Waals surface area (Å²) in [5.41, 5.74) is 2.78. The van der Waals surface area contributed by atoms with Gasteiger partial charge in [0.2, 0.25) is 0 Å². The van der Waals surface area contributed by atoms with E-state index in [2.05, 4.69) is 23.7 Å². The van der Waals surface area contributed by atoms with Crippen molar-refractivity contribution < 1.29 is 9.53 Å². The zero-order valence-electron chi connectivity index (χ0n) is 17.0. The van der Waals surface area contributed by atoms with E-state index in [0.29, 0.717) is 23.1 Å². The molecule has 6 heteroatoms. The van der Waals surface area contributed by atoms with Crippen molar-refractivity contribution in [2.45, 2.75) is 37.2 Å². The Morgan fingerprint density at radius 1 is 1.21 bits per heavy atom. The second kappa shape index (κ2) is 9.56. The number of ether oxygens (including phenoxy) is 1. The molecule has 0 aliphatic rings. The molecule has 3 rings (SSSR count). The molecule has 0 unspecified atom stereocenters. The summed E-state index contributed by atoms with van der Waals surface area (Å²) in [5, 5.41) is 9.11. The monoisotopic (exact) mass is 407 g/mol. The number of hydrogen-bond acceptors (Lipinski definition) is 5. The molecule has 0 fully saturated rings. The first-order valence-corrected chi connectivity index (χ1v) is 10.4. The van der Waals surface area contributed by atoms with Crippen LogP contribution in [0.15, 0.2) is 66.3 Å². The zero-order chi connectivity index (χ0) is 20.8. The Bertz CT molecular complexity index is 996. The van der Waals surface area contributed by atoms with E-state index in [1.54, 1.807) is 13.2 Å². The topological polar surface area (TPSA) is 57.0 Å². The van der Waals surface area contributed by atoms with E-state index in [-0.39, 0.29) is 11.0 Å². The summed E-state index contributed by atoms with van der Waals surface area (Å²) >= 11 is 1.40. The van der Waals surface area contributed by atoms with Crippen LogP contribution in [0.5, 0.6) is 5.75 Å². The highest BCUT2D eigenvalue weighted by atomic mass is 32.2. The normalized spacial score (nSPS) is 11.8. The van der Waals surface area contributed by atoms with Gasteiger partial charge in [-0.3, -0.25) is 9.36 Å². The van der Waals surface area contributed by atoms with Gasteiger partial charge in [0.1, 0.15) is 5.75 Å². The third-order valence-electron chi connectivity index (χ3n) is 4.67. The summed E-state index contributed by atoms with van der Waals surface area (Å²) < 4.78 is 7.43. The Kier molecular flexibility index (Phi) is 6.88. The Balaban J connectivity index is 1.87. The number of nitrogens with zero attached hydrogens (tertiary/aromatic N) is 3. The largest absolute Gasteiger partial charge is 0.496 e. The summed E-state index contributed by atoms with van der Waals surface area (Å²) in [5.74, 6) is 1.49. The van der Waals surface area contributed by atoms with Crippen LogP contribution in [0.4, 0.5) is 0 Å². The number of hydrogen-bond donors (Lipinski definition) is 0. The average Bonchev–Trinajstić information content (AvgIpc) is 3.15. The molecule has 0 saturated carbocycles. The van der Waals surface area contributed by atoms with Crippen molar-refractivity contribution in [2.75, 3.05) is 7.11 Å². The molecule has 0 radical (unpaired) electrons. The van der Waals surface area contributed by atoms with Crippen molar-refractivity contribution in [2.24, 2.45) is 0 Å². The van der Waals surface area contributed by atoms with Crippen molar-refractivity contribution in [3.63, 3.8) is 0 Å². The van der Waals surface area contributed by atoms with Crippen molar-refractivity contribution in [1.82, 2.24) is 14.8 Å². The Labute approximate surface area is 175 Å². The molecule has 0 bridgehead atoms. The van der Waals surface area contributed by atoms with Gasteiger partial charge < -0.3 is 4.74 Å². The van der Waals surface area contributed by atoms with E-state index in [0.717, 1.165) is 17.7 Å². The molecule has 0 spiro atoms. The summed E-state index contributed by atoms with van der Waals surface area (Å²) in [6.07, 6.45) is 2.75. The number of methoxy groups -OCH3 is 1. The fraction of sp³-hybridized carbons (Fsp3) is 0.261. The second-order valence-electron chi connectivity index (χ2n) is 6.58. The first-order chi connectivity index (χ1) is 14.1. The lowest BCUT2D eigenvalue weighted by Crippen LogP contribution is -2.15. The van der Waals surface area contributed by atoms with Crippen LogP contribution in [0, 0.1) is 0 Å². The summed E-state index contributed by atoms with van der Waals surface area (Å²) in [7, 11) is 1.63. The first-order valence-electron chi connectivity index (χ1n) is 9.56. The van der Waals surface area contributed by atoms with Gasteiger partial charge in [0.15, 0.2) is 16.8 Å². The van der Waals surface area contributed by atoms with Crippen molar-refractivity contribution >= 4 is 17.5 Å². The van der Waals surface area contributed by atoms with Gasteiger partial charge in [0.05, 0.1) is 17.9 Å². The third-order valence-corrected chi connectivity index (χ3v) is 5.75. The average molecular weight is 408 g/mol. The van der Waals surface area contributed by atoms with Crippen LogP contribution in [0.3, 0.4) is 0 Å². The van der Waals surface area contributed by atoms with Crippen LogP contribution in [0.2, 0.25) is 0 Å². The molecule has 0 N–H and O–H groups in total. The van der Waals surface area contributed by atoms with Crippen LogP contribution >= 0.6 is 11.8 Å². The van der Waals surface area contributed by atoms with E-state index < -0.39 is 0 Å². The predicted molar refractivity (Wildman–Crippen MR) is 118 cm³/mol. The number of thioether (sulfide) groups is 1. The van der Waals surface area contributed by atoms with Crippen molar-refractivity contribution in [1.29, 1.82) is 0 Å². The molecule has 0 amide bonds. The van der Waals surface area contributed by atoms with E-state index in [1.165, 1.54) is 17.3 Å². The Morgan fingerprint density at radius 2 is 1.93 bits per heavy atom. The standard InChI is InChI=1S/C23H25N3O2S/c1-5-15-26-22(19-9-7-8-10-20(19)28-4)24-25-23(26)29-16(3)21(27)18-13-11-17(6-2)12-14-18/h5,7-14,16H,1,6,15H2,2-4H3/t16-/m0/s1. The van der Waals surface area contributed by atoms with Crippen LogP contribution in [0.25, 0.3) is 11.4 Å². The predicted octanol–water partition coefficient (Wildman–Crippen LogP) is 5.07. The molecule has 1 heterocycles. The van der Waals surface area contributed by atoms with Crippen LogP contribution in [-0.4, -0.2) is 32.9 Å². The van der Waals surface area contributed by atoms with E-state index in [9.17, 15) is 4.79 Å². The van der Waals surface area contributed by atoms with Gasteiger partial charge in [0.25, 0.3) is 0 Å². The Morgan fingerprint density at radius 3 is 2.59 bits per heavy atom. The van der Waals surface area contributed by atoms with Crippen LogP contribution < -0.4 is 4.74 Å². The summed E-state index contributed by atoms with van der Waals surface area (Å²) in [4.78, 5) is 12.9. The lowest BCUT2D eigenvalue weighted by atomic mass is 10.1. The molecule has 1 aromatic heterocycles. The first kappa shape index (κ1) is 20.9. The molecule has 0 aliphatic heterocycles. The van der Waals surface area contributed by atoms with Gasteiger partial charge in [-0.2, -0.15) is 0 Å². The van der Waals surface area contributed by atoms with Gasteiger partial charge in [0, 0.05) is 12.1 Å². The number of ketones is 1. The third kappa shape index (κ3) is 4.59. The highest BCUT2D eigenvalue weighted by Gasteiger charge is 2.22. The lowest BCUT2D eigenvalue weighted by molar-refractivity contribution is 0.0994. The van der Waals surface area contributed by atoms with Crippen molar-refractivity contribution in [3.8, 4) is 17.1 Å². The second-order valence-corrected chi connectivity index (χ2v) is 7.89. The fourth-order valence-electron chi connectivity index (χ4n) is 3.05. The highest BCUT2D eigenvalue weighted by molar-refractivity contribution is 8.00. The molecule has 3 aromatic rings.